The molecule has 0 bridgehead atoms. The number of carbonyl (C=O) groups excluding carboxylic acids is 1. The summed E-state index contributed by atoms with van der Waals surface area (Å²) in [6.07, 6.45) is 4.59. The third-order valence-corrected chi connectivity index (χ3v) is 4.82. The molecule has 4 N–H and O–H groups in total. The van der Waals surface area contributed by atoms with Crippen LogP contribution in [0.4, 0.5) is 5.69 Å². The molecule has 1 aliphatic rings. The lowest BCUT2D eigenvalue weighted by Gasteiger charge is -2.21. The number of carbonyl (C=O) groups is 1. The van der Waals surface area contributed by atoms with Gasteiger partial charge in [-0.05, 0) is 43.0 Å². The Kier molecular flexibility index (Phi) is 4.30. The van der Waals surface area contributed by atoms with Crippen LogP contribution < -0.4 is 16.6 Å². The fourth-order valence-corrected chi connectivity index (χ4v) is 3.47. The highest BCUT2D eigenvalue weighted by atomic mass is 16.1. The molecule has 0 spiro atoms. The average molecular weight is 351 g/mol. The van der Waals surface area contributed by atoms with Gasteiger partial charge >= 0.3 is 0 Å². The van der Waals surface area contributed by atoms with Gasteiger partial charge in [0.25, 0.3) is 5.56 Å². The molecule has 2 aromatic heterocycles. The number of nitrogens with one attached hydrogen (secondary N) is 2. The minimum absolute atomic E-state index is 0.120. The number of para-hydroxylation sites is 1. The Balaban J connectivity index is 1.43. The van der Waals surface area contributed by atoms with Crippen LogP contribution in [0.2, 0.25) is 0 Å². The zero-order valence-electron chi connectivity index (χ0n) is 14.4. The van der Waals surface area contributed by atoms with Crippen LogP contribution in [-0.2, 0) is 24.2 Å². The Morgan fingerprint density at radius 2 is 2.23 bits per heavy atom. The van der Waals surface area contributed by atoms with E-state index in [1.54, 1.807) is 16.9 Å². The van der Waals surface area contributed by atoms with Crippen molar-refractivity contribution in [3.05, 3.63) is 58.1 Å². The second-order valence-corrected chi connectivity index (χ2v) is 6.74. The highest BCUT2D eigenvalue weighted by molar-refractivity contribution is 5.90. The van der Waals surface area contributed by atoms with Crippen LogP contribution in [0.25, 0.3) is 10.9 Å². The van der Waals surface area contributed by atoms with Gasteiger partial charge in [-0.1, -0.05) is 12.1 Å². The smallest absolute Gasteiger partial charge is 0.271 e. The van der Waals surface area contributed by atoms with E-state index in [2.05, 4.69) is 15.4 Å². The van der Waals surface area contributed by atoms with Crippen LogP contribution in [0.3, 0.4) is 0 Å². The molecule has 0 saturated heterocycles. The van der Waals surface area contributed by atoms with Crippen LogP contribution in [0.15, 0.2) is 41.3 Å². The number of nitrogens with two attached hydrogens (primary N) is 1. The molecular weight excluding hydrogens is 330 g/mol. The summed E-state index contributed by atoms with van der Waals surface area (Å²) in [4.78, 5) is 28.6. The quantitative estimate of drug-likeness (QED) is 0.663. The van der Waals surface area contributed by atoms with Crippen molar-refractivity contribution in [3.8, 4) is 0 Å². The first-order valence-electron chi connectivity index (χ1n) is 8.81. The molecule has 1 atom stereocenters. The number of anilines is 1. The Hall–Kier alpha value is -2.93. The van der Waals surface area contributed by atoms with Gasteiger partial charge < -0.3 is 11.1 Å². The summed E-state index contributed by atoms with van der Waals surface area (Å²) in [7, 11) is 0. The molecule has 7 nitrogen and oxygen atoms in total. The van der Waals surface area contributed by atoms with Crippen molar-refractivity contribution in [2.75, 3.05) is 5.32 Å². The minimum atomic E-state index is -0.142. The molecule has 1 unspecified atom stereocenters. The van der Waals surface area contributed by atoms with Crippen LogP contribution in [-0.4, -0.2) is 26.7 Å². The van der Waals surface area contributed by atoms with Crippen LogP contribution >= 0.6 is 0 Å². The van der Waals surface area contributed by atoms with Crippen molar-refractivity contribution in [2.24, 2.45) is 5.73 Å². The van der Waals surface area contributed by atoms with Gasteiger partial charge in [-0.3, -0.25) is 24.4 Å². The van der Waals surface area contributed by atoms with Crippen molar-refractivity contribution in [1.82, 2.24) is 14.8 Å². The number of benzene rings is 1. The fourth-order valence-electron chi connectivity index (χ4n) is 3.47. The molecule has 1 aliphatic carbocycles. The third kappa shape index (κ3) is 3.25. The molecule has 7 heteroatoms. The first-order valence-corrected chi connectivity index (χ1v) is 8.81. The Bertz CT molecular complexity index is 1020. The summed E-state index contributed by atoms with van der Waals surface area (Å²) in [5.41, 5.74) is 9.54. The molecule has 3 aromatic rings. The normalized spacial score (nSPS) is 16.4. The summed E-state index contributed by atoms with van der Waals surface area (Å²) in [5, 5.41) is 6.28. The van der Waals surface area contributed by atoms with Crippen molar-refractivity contribution in [1.29, 1.82) is 0 Å². The van der Waals surface area contributed by atoms with Crippen LogP contribution in [0.5, 0.6) is 0 Å². The second kappa shape index (κ2) is 6.76. The number of hydrogen-bond acceptors (Lipinski definition) is 4. The predicted octanol–water partition coefficient (Wildman–Crippen LogP) is 1.57. The van der Waals surface area contributed by atoms with E-state index < -0.39 is 0 Å². The highest BCUT2D eigenvalue weighted by Crippen LogP contribution is 2.21. The molecular formula is C19H21N5O2. The largest absolute Gasteiger partial charge is 0.327 e. The second-order valence-electron chi connectivity index (χ2n) is 6.74. The number of H-pyrrole nitrogens is 1. The predicted molar refractivity (Wildman–Crippen MR) is 100 cm³/mol. The summed E-state index contributed by atoms with van der Waals surface area (Å²) in [6.45, 7) is 0.401. The van der Waals surface area contributed by atoms with Crippen LogP contribution in [0.1, 0.15) is 24.1 Å². The fraction of sp³-hybridized carbons (Fsp3) is 0.316. The van der Waals surface area contributed by atoms with E-state index in [4.69, 9.17) is 5.73 Å². The first kappa shape index (κ1) is 16.5. The van der Waals surface area contributed by atoms with E-state index in [-0.39, 0.29) is 23.9 Å². The van der Waals surface area contributed by atoms with Crippen molar-refractivity contribution in [2.45, 2.75) is 38.3 Å². The summed E-state index contributed by atoms with van der Waals surface area (Å²) in [5.74, 6) is -0.120. The number of rotatable bonds is 4. The van der Waals surface area contributed by atoms with E-state index in [1.807, 2.05) is 24.3 Å². The van der Waals surface area contributed by atoms with Crippen LogP contribution in [0, 0.1) is 0 Å². The summed E-state index contributed by atoms with van der Waals surface area (Å²) < 4.78 is 1.71. The maximum atomic E-state index is 12.3. The lowest BCUT2D eigenvalue weighted by Crippen LogP contribution is -2.28. The van der Waals surface area contributed by atoms with Gasteiger partial charge in [-0.25, -0.2) is 0 Å². The topological polar surface area (TPSA) is 106 Å². The molecule has 0 aliphatic heterocycles. The number of aromatic nitrogens is 3. The maximum Gasteiger partial charge on any atom is 0.271 e. The Labute approximate surface area is 150 Å². The van der Waals surface area contributed by atoms with Crippen molar-refractivity contribution >= 4 is 22.5 Å². The van der Waals surface area contributed by atoms with Gasteiger partial charge in [0.15, 0.2) is 0 Å². The summed E-state index contributed by atoms with van der Waals surface area (Å²) in [6, 6.07) is 9.45. The number of nitrogens with zero attached hydrogens (tertiary/aromatic N) is 2. The third-order valence-electron chi connectivity index (χ3n) is 4.82. The van der Waals surface area contributed by atoms with E-state index in [1.165, 1.54) is 0 Å². The van der Waals surface area contributed by atoms with Gasteiger partial charge in [-0.2, -0.15) is 0 Å². The van der Waals surface area contributed by atoms with Gasteiger partial charge in [0.05, 0.1) is 22.8 Å². The number of pyridine rings is 1. The zero-order chi connectivity index (χ0) is 18.1. The van der Waals surface area contributed by atoms with E-state index >= 15 is 0 Å². The molecule has 134 valence electrons. The SMILES string of the molecule is NC1CCc2ncc(NC(=O)CCn3[nH]c(=O)c4ccccc43)cc2C1. The van der Waals surface area contributed by atoms with Gasteiger partial charge in [0.2, 0.25) is 5.91 Å². The molecule has 1 amide bonds. The van der Waals surface area contributed by atoms with Gasteiger partial charge in [0.1, 0.15) is 0 Å². The Morgan fingerprint density at radius 1 is 1.38 bits per heavy atom. The zero-order valence-corrected chi connectivity index (χ0v) is 14.4. The number of hydrogen-bond donors (Lipinski definition) is 3. The molecule has 0 fully saturated rings. The minimum Gasteiger partial charge on any atom is -0.327 e. The molecule has 26 heavy (non-hydrogen) atoms. The monoisotopic (exact) mass is 351 g/mol. The number of aromatic amines is 1. The van der Waals surface area contributed by atoms with E-state index in [9.17, 15) is 9.59 Å². The lowest BCUT2D eigenvalue weighted by molar-refractivity contribution is -0.116. The first-order chi connectivity index (χ1) is 12.6. The van der Waals surface area contributed by atoms with Crippen molar-refractivity contribution < 1.29 is 4.79 Å². The Morgan fingerprint density at radius 3 is 3.12 bits per heavy atom. The highest BCUT2D eigenvalue weighted by Gasteiger charge is 2.17. The number of fused-ring (bicyclic) bond motifs is 2. The molecule has 0 saturated carbocycles. The molecule has 1 aromatic carbocycles. The summed E-state index contributed by atoms with van der Waals surface area (Å²) >= 11 is 0. The molecule has 0 radical (unpaired) electrons. The van der Waals surface area contributed by atoms with Crippen molar-refractivity contribution in [3.63, 3.8) is 0 Å². The van der Waals surface area contributed by atoms with E-state index in [0.717, 1.165) is 36.0 Å². The number of aryl methyl sites for hydroxylation is 2. The van der Waals surface area contributed by atoms with Gasteiger partial charge in [-0.15, -0.1) is 0 Å². The maximum absolute atomic E-state index is 12.3. The lowest BCUT2D eigenvalue weighted by atomic mass is 9.92. The number of amides is 1. The average Bonchev–Trinajstić information content (AvgIpc) is 2.96. The van der Waals surface area contributed by atoms with Gasteiger partial charge in [0, 0.05) is 24.7 Å². The molecule has 4 rings (SSSR count). The standard InChI is InChI=1S/C19H21N5O2/c20-13-5-6-16-12(9-13)10-14(11-21-16)22-18(25)7-8-24-17-4-2-1-3-15(17)19(26)23-24/h1-4,10-11,13H,5-9,20H2,(H,22,25)(H,23,26). The van der Waals surface area contributed by atoms with E-state index in [0.29, 0.717) is 17.6 Å². The molecule has 2 heterocycles.